The van der Waals surface area contributed by atoms with Crippen molar-refractivity contribution < 1.29 is 24.2 Å². The lowest BCUT2D eigenvalue weighted by Crippen LogP contribution is -2.57. The third kappa shape index (κ3) is 4.72. The summed E-state index contributed by atoms with van der Waals surface area (Å²) < 4.78 is 4.86. The Hall–Kier alpha value is -1.32. The minimum atomic E-state index is -0.738. The number of carbonyl (C=O) groups is 3. The molecule has 0 saturated carbocycles. The minimum absolute atomic E-state index is 0.00421. The van der Waals surface area contributed by atoms with Crippen molar-refractivity contribution in [2.45, 2.75) is 72.9 Å². The summed E-state index contributed by atoms with van der Waals surface area (Å²) >= 11 is 5.33. The summed E-state index contributed by atoms with van der Waals surface area (Å²) in [6.07, 6.45) is 7.32. The van der Waals surface area contributed by atoms with Crippen molar-refractivity contribution >= 4 is 45.5 Å². The van der Waals surface area contributed by atoms with Crippen molar-refractivity contribution in [3.63, 3.8) is 0 Å². The van der Waals surface area contributed by atoms with Gasteiger partial charge < -0.3 is 19.6 Å². The Bertz CT molecular complexity index is 810. The van der Waals surface area contributed by atoms with Gasteiger partial charge in [-0.15, -0.1) is 24.9 Å². The number of hydrogen-bond acceptors (Lipinski definition) is 6. The summed E-state index contributed by atoms with van der Waals surface area (Å²) in [6, 6.07) is -1.27. The number of amides is 2. The summed E-state index contributed by atoms with van der Waals surface area (Å²) in [5, 5.41) is 9.84. The zero-order chi connectivity index (χ0) is 25.0. The van der Waals surface area contributed by atoms with Crippen LogP contribution in [0.15, 0.2) is 25.3 Å². The van der Waals surface area contributed by atoms with Crippen LogP contribution in [0.25, 0.3) is 0 Å². The maximum Gasteiger partial charge on any atom is 0.310 e. The first-order valence-corrected chi connectivity index (χ1v) is 14.0. The van der Waals surface area contributed by atoms with Gasteiger partial charge in [0.1, 0.15) is 6.04 Å². The normalized spacial score (nSPS) is 32.4. The van der Waals surface area contributed by atoms with E-state index in [1.54, 1.807) is 40.6 Å². The minimum Gasteiger partial charge on any atom is -0.465 e. The van der Waals surface area contributed by atoms with E-state index in [2.05, 4.69) is 36.0 Å². The lowest BCUT2D eigenvalue weighted by atomic mass is 9.71. The fourth-order valence-corrected chi connectivity index (χ4v) is 9.23. The molecule has 3 saturated heterocycles. The average molecular weight is 558 g/mol. The number of likely N-dealkylation sites (tertiary alicyclic amines) is 1. The Kier molecular flexibility index (Phi) is 9.31. The van der Waals surface area contributed by atoms with E-state index in [0.717, 1.165) is 19.3 Å². The van der Waals surface area contributed by atoms with Crippen molar-refractivity contribution in [3.8, 4) is 0 Å². The second-order valence-corrected chi connectivity index (χ2v) is 12.2. The largest absolute Gasteiger partial charge is 0.465 e. The SMILES string of the molecule is C=CCCCOC(=O)[C@H]1[C@@H]2SC3(CC2Br)C(C(=O)N(CC=C)CCCC)N([C@H](C)CO)C(=O)[C@H]13. The molecule has 7 atom stereocenters. The number of halogens is 1. The van der Waals surface area contributed by atoms with Crippen LogP contribution < -0.4 is 0 Å². The second-order valence-electron chi connectivity index (χ2n) is 9.47. The highest BCUT2D eigenvalue weighted by atomic mass is 79.9. The Labute approximate surface area is 215 Å². The van der Waals surface area contributed by atoms with Gasteiger partial charge in [0, 0.05) is 23.2 Å². The number of ether oxygens (including phenoxy) is 1. The van der Waals surface area contributed by atoms with E-state index >= 15 is 0 Å². The van der Waals surface area contributed by atoms with Gasteiger partial charge in [-0.1, -0.05) is 41.4 Å². The molecule has 1 N–H and O–H groups in total. The van der Waals surface area contributed by atoms with Gasteiger partial charge in [0.05, 0.1) is 35.8 Å². The summed E-state index contributed by atoms with van der Waals surface area (Å²) in [4.78, 5) is 44.4. The molecule has 3 aliphatic rings. The van der Waals surface area contributed by atoms with E-state index in [1.807, 2.05) is 0 Å². The molecule has 1 spiro atoms. The number of aliphatic hydroxyl groups is 1. The van der Waals surface area contributed by atoms with Gasteiger partial charge in [-0.3, -0.25) is 14.4 Å². The van der Waals surface area contributed by atoms with Crippen molar-refractivity contribution in [3.05, 3.63) is 25.3 Å². The Morgan fingerprint density at radius 2 is 2.12 bits per heavy atom. The maximum atomic E-state index is 14.0. The molecule has 7 nitrogen and oxygen atoms in total. The quantitative estimate of drug-likeness (QED) is 0.162. The van der Waals surface area contributed by atoms with Crippen LogP contribution in [0.5, 0.6) is 0 Å². The third-order valence-corrected chi connectivity index (χ3v) is 10.4. The third-order valence-electron chi connectivity index (χ3n) is 7.21. The van der Waals surface area contributed by atoms with Crippen molar-refractivity contribution in [1.82, 2.24) is 9.80 Å². The first-order valence-electron chi connectivity index (χ1n) is 12.2. The summed E-state index contributed by atoms with van der Waals surface area (Å²) in [7, 11) is 0. The molecule has 0 aliphatic carbocycles. The number of alkyl halides is 1. The monoisotopic (exact) mass is 556 g/mol. The summed E-state index contributed by atoms with van der Waals surface area (Å²) in [5.41, 5.74) is 0. The van der Waals surface area contributed by atoms with Gasteiger partial charge in [0.25, 0.3) is 0 Å². The molecular weight excluding hydrogens is 520 g/mol. The molecule has 0 aromatic heterocycles. The van der Waals surface area contributed by atoms with Gasteiger partial charge in [-0.25, -0.2) is 0 Å². The number of nitrogens with zero attached hydrogens (tertiary/aromatic N) is 2. The number of fused-ring (bicyclic) bond motifs is 1. The number of aliphatic hydroxyl groups excluding tert-OH is 1. The van der Waals surface area contributed by atoms with Crippen LogP contribution in [-0.2, 0) is 19.1 Å². The molecular formula is C25H37BrN2O5S. The van der Waals surface area contributed by atoms with Gasteiger partial charge >= 0.3 is 5.97 Å². The standard InChI is InChI=1S/C25H37BrN2O5S/c1-5-8-10-13-33-24(32)18-19-22(30)28(16(4)15-29)21(25(19)14-17(26)20(18)34-25)23(31)27(11-7-3)12-9-6-2/h5,7,16-21,29H,1,3,6,8-15H2,2,4H3/t16-,17?,18-,19+,20-,21?,25?/m1/s1. The van der Waals surface area contributed by atoms with Crippen LogP contribution in [0, 0.1) is 11.8 Å². The van der Waals surface area contributed by atoms with Gasteiger partial charge in [-0.2, -0.15) is 0 Å². The molecule has 0 aromatic carbocycles. The first-order chi connectivity index (χ1) is 16.3. The average Bonchev–Trinajstić information content (AvgIpc) is 3.41. The van der Waals surface area contributed by atoms with Crippen LogP contribution in [0.3, 0.4) is 0 Å². The highest BCUT2D eigenvalue weighted by Gasteiger charge is 2.76. The molecule has 3 heterocycles. The van der Waals surface area contributed by atoms with Crippen molar-refractivity contribution in [1.29, 1.82) is 0 Å². The molecule has 3 fully saturated rings. The van der Waals surface area contributed by atoms with E-state index in [9.17, 15) is 19.5 Å². The smallest absolute Gasteiger partial charge is 0.310 e. The van der Waals surface area contributed by atoms with E-state index in [4.69, 9.17) is 4.74 Å². The van der Waals surface area contributed by atoms with Crippen LogP contribution >= 0.6 is 27.7 Å². The van der Waals surface area contributed by atoms with Crippen LogP contribution in [0.1, 0.15) is 46.0 Å². The first kappa shape index (κ1) is 27.3. The topological polar surface area (TPSA) is 87.2 Å². The Balaban J connectivity index is 1.97. The molecule has 3 aliphatic heterocycles. The Morgan fingerprint density at radius 1 is 1.38 bits per heavy atom. The number of esters is 1. The zero-order valence-electron chi connectivity index (χ0n) is 20.2. The summed E-state index contributed by atoms with van der Waals surface area (Å²) in [6.45, 7) is 12.3. The molecule has 34 heavy (non-hydrogen) atoms. The lowest BCUT2D eigenvalue weighted by molar-refractivity contribution is -0.154. The predicted octanol–water partition coefficient (Wildman–Crippen LogP) is 3.16. The second kappa shape index (κ2) is 11.6. The molecule has 2 bridgehead atoms. The van der Waals surface area contributed by atoms with Crippen molar-refractivity contribution in [2.75, 3.05) is 26.3 Å². The molecule has 9 heteroatoms. The maximum absolute atomic E-state index is 14.0. The van der Waals surface area contributed by atoms with Crippen LogP contribution in [0.2, 0.25) is 0 Å². The van der Waals surface area contributed by atoms with Gasteiger partial charge in [-0.05, 0) is 32.6 Å². The number of rotatable bonds is 13. The zero-order valence-corrected chi connectivity index (χ0v) is 22.6. The predicted molar refractivity (Wildman–Crippen MR) is 138 cm³/mol. The van der Waals surface area contributed by atoms with E-state index < -0.39 is 28.7 Å². The van der Waals surface area contributed by atoms with Crippen molar-refractivity contribution in [2.24, 2.45) is 11.8 Å². The highest BCUT2D eigenvalue weighted by molar-refractivity contribution is 9.09. The number of carbonyl (C=O) groups excluding carboxylic acids is 3. The molecule has 3 unspecified atom stereocenters. The highest BCUT2D eigenvalue weighted by Crippen LogP contribution is 2.68. The van der Waals surface area contributed by atoms with E-state index in [0.29, 0.717) is 25.9 Å². The fourth-order valence-electron chi connectivity index (χ4n) is 5.64. The van der Waals surface area contributed by atoms with Gasteiger partial charge in [0.15, 0.2) is 0 Å². The number of unbranched alkanes of at least 4 members (excludes halogenated alkanes) is 2. The van der Waals surface area contributed by atoms with Crippen LogP contribution in [-0.4, -0.2) is 85.9 Å². The van der Waals surface area contributed by atoms with E-state index in [1.165, 1.54) is 0 Å². The molecule has 3 rings (SSSR count). The fraction of sp³-hybridized carbons (Fsp3) is 0.720. The van der Waals surface area contributed by atoms with Crippen LogP contribution in [0.4, 0.5) is 0 Å². The number of allylic oxidation sites excluding steroid dienone is 1. The lowest BCUT2D eigenvalue weighted by Gasteiger charge is -2.39. The molecule has 0 aromatic rings. The summed E-state index contributed by atoms with van der Waals surface area (Å²) in [5.74, 6) is -1.98. The number of thioether (sulfide) groups is 1. The molecule has 190 valence electrons. The van der Waals surface area contributed by atoms with Gasteiger partial charge in [0.2, 0.25) is 11.8 Å². The number of hydrogen-bond donors (Lipinski definition) is 1. The molecule has 0 radical (unpaired) electrons. The van der Waals surface area contributed by atoms with E-state index in [-0.39, 0.29) is 41.1 Å². The Morgan fingerprint density at radius 3 is 2.74 bits per heavy atom. The molecule has 2 amide bonds.